The summed E-state index contributed by atoms with van der Waals surface area (Å²) in [6, 6.07) is 3.22. The van der Waals surface area contributed by atoms with Gasteiger partial charge in [0, 0.05) is 13.1 Å². The van der Waals surface area contributed by atoms with Crippen molar-refractivity contribution in [3.05, 3.63) is 40.3 Å². The molecule has 2 rings (SSSR count). The van der Waals surface area contributed by atoms with Crippen LogP contribution in [0.5, 0.6) is 0 Å². The molecule has 1 aromatic carbocycles. The van der Waals surface area contributed by atoms with Crippen LogP contribution in [0.25, 0.3) is 11.3 Å². The Hall–Kier alpha value is -2.44. The largest absolute Gasteiger partial charge is 0.396 e. The van der Waals surface area contributed by atoms with Gasteiger partial charge in [-0.3, -0.25) is 14.8 Å². The van der Waals surface area contributed by atoms with Crippen molar-refractivity contribution >= 4 is 11.4 Å². The van der Waals surface area contributed by atoms with Crippen molar-refractivity contribution in [2.45, 2.75) is 0 Å². The minimum absolute atomic E-state index is 0.118. The molecule has 0 bridgehead atoms. The summed E-state index contributed by atoms with van der Waals surface area (Å²) in [6.45, 7) is 0. The molecule has 0 aliphatic heterocycles. The number of aromatic nitrogens is 2. The third-order valence-electron chi connectivity index (χ3n) is 2.38. The average Bonchev–Trinajstić information content (AvgIpc) is 2.58. The first-order chi connectivity index (χ1) is 8.00. The summed E-state index contributed by atoms with van der Waals surface area (Å²) in [4.78, 5) is 10.3. The van der Waals surface area contributed by atoms with Crippen LogP contribution in [0.2, 0.25) is 0 Å². The monoisotopic (exact) mass is 236 g/mol. The number of halogens is 1. The van der Waals surface area contributed by atoms with Gasteiger partial charge in [0.25, 0.3) is 5.69 Å². The van der Waals surface area contributed by atoms with E-state index < -0.39 is 10.7 Å². The van der Waals surface area contributed by atoms with Crippen LogP contribution in [0.3, 0.4) is 0 Å². The number of nitro benzene ring substituents is 1. The van der Waals surface area contributed by atoms with Gasteiger partial charge in [0.1, 0.15) is 5.82 Å². The van der Waals surface area contributed by atoms with E-state index >= 15 is 0 Å². The van der Waals surface area contributed by atoms with Gasteiger partial charge in [-0.25, -0.2) is 4.39 Å². The number of nitrogens with two attached hydrogens (primary N) is 1. The van der Waals surface area contributed by atoms with Gasteiger partial charge in [0.2, 0.25) is 0 Å². The molecule has 17 heavy (non-hydrogen) atoms. The molecule has 0 saturated heterocycles. The summed E-state index contributed by atoms with van der Waals surface area (Å²) in [5, 5.41) is 14.7. The Morgan fingerprint density at radius 1 is 1.53 bits per heavy atom. The molecule has 0 amide bonds. The second-order valence-corrected chi connectivity index (χ2v) is 3.49. The number of rotatable bonds is 2. The van der Waals surface area contributed by atoms with Crippen molar-refractivity contribution in [1.29, 1.82) is 0 Å². The number of nitrogens with zero attached hydrogens (tertiary/aromatic N) is 3. The van der Waals surface area contributed by atoms with E-state index in [2.05, 4.69) is 5.10 Å². The Morgan fingerprint density at radius 3 is 2.76 bits per heavy atom. The number of hydrogen-bond donors (Lipinski definition) is 1. The maximum atomic E-state index is 13.2. The first-order valence-electron chi connectivity index (χ1n) is 4.72. The van der Waals surface area contributed by atoms with E-state index in [4.69, 9.17) is 5.73 Å². The molecule has 6 nitrogen and oxygen atoms in total. The third kappa shape index (κ3) is 1.82. The average molecular weight is 236 g/mol. The molecule has 0 fully saturated rings. The standard InChI is InChI=1S/C10H9FN4O2/c1-14-10(8(12)5-13-14)7-4-6(11)2-3-9(7)15(16)17/h2-5H,12H2,1H3. The quantitative estimate of drug-likeness (QED) is 0.635. The summed E-state index contributed by atoms with van der Waals surface area (Å²) < 4.78 is 14.5. The number of aryl methyl sites for hydroxylation is 1. The van der Waals surface area contributed by atoms with Crippen LogP contribution >= 0.6 is 0 Å². The van der Waals surface area contributed by atoms with E-state index in [1.54, 1.807) is 7.05 Å². The van der Waals surface area contributed by atoms with E-state index in [9.17, 15) is 14.5 Å². The summed E-state index contributed by atoms with van der Waals surface area (Å²) in [5.74, 6) is -0.564. The van der Waals surface area contributed by atoms with Gasteiger partial charge in [0.05, 0.1) is 28.1 Å². The van der Waals surface area contributed by atoms with Gasteiger partial charge in [-0.1, -0.05) is 0 Å². The highest BCUT2D eigenvalue weighted by molar-refractivity contribution is 5.79. The normalized spacial score (nSPS) is 10.5. The van der Waals surface area contributed by atoms with Crippen LogP contribution in [-0.4, -0.2) is 14.7 Å². The van der Waals surface area contributed by atoms with Crippen LogP contribution in [0.1, 0.15) is 0 Å². The zero-order valence-electron chi connectivity index (χ0n) is 8.92. The second-order valence-electron chi connectivity index (χ2n) is 3.49. The number of nitro groups is 1. The molecule has 0 spiro atoms. The Morgan fingerprint density at radius 2 is 2.24 bits per heavy atom. The molecule has 1 heterocycles. The van der Waals surface area contributed by atoms with Crippen molar-refractivity contribution < 1.29 is 9.31 Å². The lowest BCUT2D eigenvalue weighted by Gasteiger charge is -2.05. The molecular weight excluding hydrogens is 227 g/mol. The fourth-order valence-electron chi connectivity index (χ4n) is 1.64. The number of benzene rings is 1. The van der Waals surface area contributed by atoms with E-state index in [1.165, 1.54) is 10.9 Å². The Bertz CT molecular complexity index is 574. The van der Waals surface area contributed by atoms with Crippen LogP contribution in [0.4, 0.5) is 15.8 Å². The molecule has 0 aliphatic rings. The SMILES string of the molecule is Cn1ncc(N)c1-c1cc(F)ccc1[N+](=O)[O-]. The van der Waals surface area contributed by atoms with Crippen LogP contribution < -0.4 is 5.73 Å². The predicted molar refractivity (Wildman–Crippen MR) is 59.7 cm³/mol. The van der Waals surface area contributed by atoms with Crippen LogP contribution in [-0.2, 0) is 7.05 Å². The fraction of sp³-hybridized carbons (Fsp3) is 0.100. The van der Waals surface area contributed by atoms with Gasteiger partial charge < -0.3 is 5.73 Å². The van der Waals surface area contributed by atoms with Crippen molar-refractivity contribution in [2.75, 3.05) is 5.73 Å². The van der Waals surface area contributed by atoms with Crippen molar-refractivity contribution in [2.24, 2.45) is 7.05 Å². The Balaban J connectivity index is 2.74. The maximum Gasteiger partial charge on any atom is 0.279 e. The van der Waals surface area contributed by atoms with Gasteiger partial charge >= 0.3 is 0 Å². The Labute approximate surface area is 95.6 Å². The van der Waals surface area contributed by atoms with Gasteiger partial charge in [-0.2, -0.15) is 5.10 Å². The van der Waals surface area contributed by atoms with E-state index in [0.717, 1.165) is 18.2 Å². The third-order valence-corrected chi connectivity index (χ3v) is 2.38. The zero-order chi connectivity index (χ0) is 12.6. The smallest absolute Gasteiger partial charge is 0.279 e. The number of nitrogen functional groups attached to an aromatic ring is 1. The molecule has 2 aromatic rings. The summed E-state index contributed by atoms with van der Waals surface area (Å²) in [7, 11) is 1.58. The highest BCUT2D eigenvalue weighted by Gasteiger charge is 2.20. The molecular formula is C10H9FN4O2. The highest BCUT2D eigenvalue weighted by Crippen LogP contribution is 2.33. The molecule has 0 saturated carbocycles. The molecule has 1 aromatic heterocycles. The molecule has 0 radical (unpaired) electrons. The van der Waals surface area contributed by atoms with Crippen molar-refractivity contribution in [3.63, 3.8) is 0 Å². The number of anilines is 1. The minimum atomic E-state index is -0.582. The van der Waals surface area contributed by atoms with Crippen LogP contribution in [0.15, 0.2) is 24.4 Å². The summed E-state index contributed by atoms with van der Waals surface area (Å²) in [5.41, 5.74) is 6.17. The summed E-state index contributed by atoms with van der Waals surface area (Å²) >= 11 is 0. The maximum absolute atomic E-state index is 13.2. The molecule has 88 valence electrons. The van der Waals surface area contributed by atoms with Gasteiger partial charge in [-0.05, 0) is 12.1 Å². The van der Waals surface area contributed by atoms with Crippen molar-refractivity contribution in [3.8, 4) is 11.3 Å². The second kappa shape index (κ2) is 3.85. The topological polar surface area (TPSA) is 87.0 Å². The van der Waals surface area contributed by atoms with E-state index in [1.807, 2.05) is 0 Å². The lowest BCUT2D eigenvalue weighted by molar-refractivity contribution is -0.384. The van der Waals surface area contributed by atoms with E-state index in [-0.39, 0.29) is 16.9 Å². The molecule has 0 atom stereocenters. The molecule has 0 unspecified atom stereocenters. The van der Waals surface area contributed by atoms with Crippen molar-refractivity contribution in [1.82, 2.24) is 9.78 Å². The van der Waals surface area contributed by atoms with Gasteiger partial charge in [-0.15, -0.1) is 0 Å². The molecule has 7 heteroatoms. The minimum Gasteiger partial charge on any atom is -0.396 e. The number of hydrogen-bond acceptors (Lipinski definition) is 4. The van der Waals surface area contributed by atoms with Gasteiger partial charge in [0.15, 0.2) is 0 Å². The van der Waals surface area contributed by atoms with E-state index in [0.29, 0.717) is 5.69 Å². The first-order valence-corrected chi connectivity index (χ1v) is 4.72. The first kappa shape index (κ1) is 11.1. The zero-order valence-corrected chi connectivity index (χ0v) is 8.92. The fourth-order valence-corrected chi connectivity index (χ4v) is 1.64. The predicted octanol–water partition coefficient (Wildman–Crippen LogP) is 1.72. The molecule has 0 aliphatic carbocycles. The lowest BCUT2D eigenvalue weighted by atomic mass is 10.1. The lowest BCUT2D eigenvalue weighted by Crippen LogP contribution is -2.00. The highest BCUT2D eigenvalue weighted by atomic mass is 19.1. The molecule has 2 N–H and O–H groups in total. The van der Waals surface area contributed by atoms with Crippen LogP contribution in [0, 0.1) is 15.9 Å². The Kier molecular flexibility index (Phi) is 2.51. The summed E-state index contributed by atoms with van der Waals surface area (Å²) in [6.07, 6.45) is 1.37.